The van der Waals surface area contributed by atoms with Gasteiger partial charge in [0.05, 0.1) is 52.3 Å². The van der Waals surface area contributed by atoms with Crippen molar-refractivity contribution in [2.75, 3.05) is 59.6 Å². The van der Waals surface area contributed by atoms with Gasteiger partial charge >= 0.3 is 5.97 Å². The van der Waals surface area contributed by atoms with Crippen LogP contribution < -0.4 is 19.1 Å². The number of amides is 1. The zero-order chi connectivity index (χ0) is 33.4. The van der Waals surface area contributed by atoms with Gasteiger partial charge in [-0.05, 0) is 67.8 Å². The molecule has 0 N–H and O–H groups in total. The van der Waals surface area contributed by atoms with E-state index in [0.29, 0.717) is 29.6 Å². The van der Waals surface area contributed by atoms with Crippen molar-refractivity contribution >= 4 is 17.6 Å². The van der Waals surface area contributed by atoms with Crippen molar-refractivity contribution < 1.29 is 33.3 Å². The van der Waals surface area contributed by atoms with E-state index in [1.165, 1.54) is 7.11 Å². The molecule has 0 radical (unpaired) electrons. The Morgan fingerprint density at radius 2 is 1.70 bits per heavy atom. The van der Waals surface area contributed by atoms with E-state index in [2.05, 4.69) is 34.9 Å². The molecule has 1 unspecified atom stereocenters. The quantitative estimate of drug-likeness (QED) is 0.0879. The van der Waals surface area contributed by atoms with Crippen LogP contribution in [0.15, 0.2) is 54.3 Å². The molecule has 9 nitrogen and oxygen atoms in total. The molecule has 0 aromatic heterocycles. The molecule has 9 heteroatoms. The summed E-state index contributed by atoms with van der Waals surface area (Å²) in [5.41, 5.74) is 2.19. The summed E-state index contributed by atoms with van der Waals surface area (Å²) in [7, 11) is 6.24. The van der Waals surface area contributed by atoms with Gasteiger partial charge < -0.3 is 28.6 Å². The molecule has 2 fully saturated rings. The molecule has 0 saturated carbocycles. The molecular weight excluding hydrogens is 596 g/mol. The summed E-state index contributed by atoms with van der Waals surface area (Å²) in [5.74, 6) is 2.29. The lowest BCUT2D eigenvalue weighted by atomic mass is 9.67. The van der Waals surface area contributed by atoms with Gasteiger partial charge in [-0.15, -0.1) is 0 Å². The number of benzene rings is 2. The van der Waals surface area contributed by atoms with Crippen LogP contribution in [0, 0.1) is 11.8 Å². The monoisotopic (exact) mass is 648 g/mol. The maximum atomic E-state index is 14.6. The second-order valence-corrected chi connectivity index (χ2v) is 13.0. The van der Waals surface area contributed by atoms with E-state index < -0.39 is 5.41 Å². The molecule has 0 aliphatic carbocycles. The predicted molar refractivity (Wildman–Crippen MR) is 182 cm³/mol. The Kier molecular flexibility index (Phi) is 11.7. The number of rotatable bonds is 16. The Balaban J connectivity index is 1.16. The third-order valence-electron chi connectivity index (χ3n) is 10.6. The number of hydrogen-bond donors (Lipinski definition) is 0. The zero-order valence-corrected chi connectivity index (χ0v) is 28.8. The van der Waals surface area contributed by atoms with Crippen molar-refractivity contribution in [1.29, 1.82) is 0 Å². The van der Waals surface area contributed by atoms with E-state index in [0.717, 1.165) is 94.4 Å². The van der Waals surface area contributed by atoms with Crippen LogP contribution in [0.2, 0.25) is 0 Å². The van der Waals surface area contributed by atoms with Gasteiger partial charge in [-0.3, -0.25) is 9.69 Å². The lowest BCUT2D eigenvalue weighted by Gasteiger charge is -2.45. The smallest absolute Gasteiger partial charge is 0.337 e. The standard InChI is InChI=1S/C38H52N2O7/c1-6-27-25-39-21-19-38(35(39)24-29(27)30(26-43-2)36(41)46-5)31-15-11-12-16-32(31)40(37(38)42)20-13-9-7-8-10-14-22-47-28-17-18-33(44-3)34(23-28)45-4/h11-12,15-18,23,26-27,29,35H,6-10,13-14,19-22,24-25H2,1-5H3/b30-26+/t27-,29-,35?,38+/m0/s1. The van der Waals surface area contributed by atoms with Crippen LogP contribution in [0.25, 0.3) is 0 Å². The number of carbonyl (C=O) groups excluding carboxylic acids is 2. The number of fused-ring (bicyclic) bond motifs is 4. The van der Waals surface area contributed by atoms with Crippen LogP contribution in [0.1, 0.15) is 70.3 Å². The first-order valence-electron chi connectivity index (χ1n) is 17.2. The van der Waals surface area contributed by atoms with E-state index in [1.807, 2.05) is 24.3 Å². The Bertz CT molecular complexity index is 1410. The molecule has 0 bridgehead atoms. The highest BCUT2D eigenvalue weighted by Gasteiger charge is 2.62. The largest absolute Gasteiger partial charge is 0.504 e. The van der Waals surface area contributed by atoms with Crippen LogP contribution in [0.5, 0.6) is 17.2 Å². The molecule has 256 valence electrons. The summed E-state index contributed by atoms with van der Waals surface area (Å²) >= 11 is 0. The number of anilines is 1. The summed E-state index contributed by atoms with van der Waals surface area (Å²) in [6, 6.07) is 14.0. The normalized spacial score (nSPS) is 23.9. The molecule has 3 heterocycles. The molecule has 2 saturated heterocycles. The predicted octanol–water partition coefficient (Wildman–Crippen LogP) is 6.53. The molecule has 4 atom stereocenters. The Hall–Kier alpha value is -3.72. The van der Waals surface area contributed by atoms with Crippen molar-refractivity contribution in [2.24, 2.45) is 11.8 Å². The minimum atomic E-state index is -0.588. The third-order valence-corrected chi connectivity index (χ3v) is 10.6. The summed E-state index contributed by atoms with van der Waals surface area (Å²) in [4.78, 5) is 32.0. The van der Waals surface area contributed by atoms with Crippen LogP contribution in [0.3, 0.4) is 0 Å². The van der Waals surface area contributed by atoms with Gasteiger partial charge in [0.25, 0.3) is 0 Å². The van der Waals surface area contributed by atoms with Crippen molar-refractivity contribution in [3.8, 4) is 17.2 Å². The SMILES string of the molecule is CC[C@H]1CN2CC[C@]3(C(=O)N(CCCCCCCCOc4ccc(OC)c(OC)c4)c4ccccc43)C2C[C@@H]1/C(=C\OC)C(=O)OC. The first-order valence-corrected chi connectivity index (χ1v) is 17.2. The lowest BCUT2D eigenvalue weighted by molar-refractivity contribution is -0.137. The van der Waals surface area contributed by atoms with E-state index in [9.17, 15) is 9.59 Å². The van der Waals surface area contributed by atoms with Crippen molar-refractivity contribution in [3.63, 3.8) is 0 Å². The minimum absolute atomic E-state index is 0.0259. The lowest BCUT2D eigenvalue weighted by Crippen LogP contribution is -2.55. The summed E-state index contributed by atoms with van der Waals surface area (Å²) < 4.78 is 27.1. The fourth-order valence-electron chi connectivity index (χ4n) is 8.22. The van der Waals surface area contributed by atoms with Gasteiger partial charge in [0, 0.05) is 30.9 Å². The Morgan fingerprint density at radius 3 is 2.43 bits per heavy atom. The second kappa shape index (κ2) is 15.9. The molecule has 47 heavy (non-hydrogen) atoms. The van der Waals surface area contributed by atoms with Gasteiger partial charge in [0.1, 0.15) is 5.75 Å². The molecule has 5 rings (SSSR count). The average molecular weight is 649 g/mol. The highest BCUT2D eigenvalue weighted by molar-refractivity contribution is 6.09. The van der Waals surface area contributed by atoms with Crippen LogP contribution in [-0.4, -0.2) is 77.5 Å². The highest BCUT2D eigenvalue weighted by Crippen LogP contribution is 2.55. The maximum Gasteiger partial charge on any atom is 0.337 e. The molecule has 1 spiro atoms. The maximum absolute atomic E-state index is 14.6. The zero-order valence-electron chi connectivity index (χ0n) is 28.8. The summed E-state index contributed by atoms with van der Waals surface area (Å²) in [6.45, 7) is 5.32. The molecule has 2 aromatic rings. The van der Waals surface area contributed by atoms with Crippen LogP contribution in [-0.2, 0) is 24.5 Å². The van der Waals surface area contributed by atoms with Crippen molar-refractivity contribution in [3.05, 3.63) is 59.9 Å². The van der Waals surface area contributed by atoms with E-state index in [4.69, 9.17) is 23.7 Å². The number of para-hydroxylation sites is 1. The highest BCUT2D eigenvalue weighted by atomic mass is 16.5. The van der Waals surface area contributed by atoms with E-state index in [-0.39, 0.29) is 23.8 Å². The Morgan fingerprint density at radius 1 is 0.957 bits per heavy atom. The average Bonchev–Trinajstić information content (AvgIpc) is 3.60. The number of piperidine rings is 1. The number of unbranched alkanes of at least 4 members (excludes halogenated alkanes) is 5. The van der Waals surface area contributed by atoms with Crippen molar-refractivity contribution in [1.82, 2.24) is 4.90 Å². The fourth-order valence-corrected chi connectivity index (χ4v) is 8.22. The first kappa shape index (κ1) is 34.6. The summed E-state index contributed by atoms with van der Waals surface area (Å²) in [6.07, 6.45) is 10.4. The number of methoxy groups -OCH3 is 4. The molecule has 2 aromatic carbocycles. The Labute approximate surface area is 280 Å². The van der Waals surface area contributed by atoms with Crippen LogP contribution in [0.4, 0.5) is 5.69 Å². The van der Waals surface area contributed by atoms with Gasteiger partial charge in [0.2, 0.25) is 5.91 Å². The molecule has 3 aliphatic rings. The van der Waals surface area contributed by atoms with Gasteiger partial charge in [-0.1, -0.05) is 57.2 Å². The van der Waals surface area contributed by atoms with Gasteiger partial charge in [-0.25, -0.2) is 4.79 Å². The first-order chi connectivity index (χ1) is 22.9. The molecular formula is C38H52N2O7. The number of hydrogen-bond acceptors (Lipinski definition) is 8. The minimum Gasteiger partial charge on any atom is -0.504 e. The van der Waals surface area contributed by atoms with Crippen molar-refractivity contribution in [2.45, 2.75) is 76.2 Å². The van der Waals surface area contributed by atoms with E-state index in [1.54, 1.807) is 27.6 Å². The number of carbonyl (C=O) groups is 2. The second-order valence-electron chi connectivity index (χ2n) is 13.0. The van der Waals surface area contributed by atoms with Crippen LogP contribution >= 0.6 is 0 Å². The summed E-state index contributed by atoms with van der Waals surface area (Å²) in [5, 5.41) is 0. The molecule has 3 aliphatic heterocycles. The van der Waals surface area contributed by atoms with Gasteiger partial charge in [-0.2, -0.15) is 0 Å². The number of ether oxygens (including phenoxy) is 5. The fraction of sp³-hybridized carbons (Fsp3) is 0.579. The molecule has 1 amide bonds. The third kappa shape index (κ3) is 6.96. The van der Waals surface area contributed by atoms with E-state index >= 15 is 0 Å². The van der Waals surface area contributed by atoms with Gasteiger partial charge in [0.15, 0.2) is 11.5 Å². The number of esters is 1. The topological polar surface area (TPSA) is 86.8 Å². The number of nitrogens with zero attached hydrogens (tertiary/aromatic N) is 2.